The standard InChI is InChI=1S/C12H9Cl2N3O4S2/c13-7-2-1-6(5-9(7)23(15,20)21)11(18)16-17-12(19)8-3-4-10(14)22-8/h1-5H,(H,16,18)(H,17,19)(H2,15,20,21). The second kappa shape index (κ2) is 6.85. The first kappa shape index (κ1) is 17.7. The number of rotatable bonds is 3. The van der Waals surface area contributed by atoms with Crippen LogP contribution in [0.25, 0.3) is 0 Å². The van der Waals surface area contributed by atoms with Gasteiger partial charge in [0, 0.05) is 5.56 Å². The van der Waals surface area contributed by atoms with Crippen molar-refractivity contribution in [3.63, 3.8) is 0 Å². The van der Waals surface area contributed by atoms with E-state index in [1.807, 2.05) is 0 Å². The van der Waals surface area contributed by atoms with E-state index in [0.29, 0.717) is 9.21 Å². The van der Waals surface area contributed by atoms with Crippen molar-refractivity contribution in [2.75, 3.05) is 0 Å². The summed E-state index contributed by atoms with van der Waals surface area (Å²) in [5.41, 5.74) is 4.29. The van der Waals surface area contributed by atoms with Crippen molar-refractivity contribution in [1.82, 2.24) is 10.9 Å². The number of thiophene rings is 1. The van der Waals surface area contributed by atoms with Crippen LogP contribution in [-0.4, -0.2) is 20.2 Å². The number of hydrazine groups is 1. The van der Waals surface area contributed by atoms with Crippen LogP contribution in [0.2, 0.25) is 9.36 Å². The molecular weight excluding hydrogens is 385 g/mol. The molecular formula is C12H9Cl2N3O4S2. The highest BCUT2D eigenvalue weighted by molar-refractivity contribution is 7.89. The maximum Gasteiger partial charge on any atom is 0.279 e. The number of halogens is 2. The minimum Gasteiger partial charge on any atom is -0.267 e. The first-order valence-electron chi connectivity index (χ1n) is 5.87. The third kappa shape index (κ3) is 4.43. The normalized spacial score (nSPS) is 11.1. The fraction of sp³-hybridized carbons (Fsp3) is 0. The highest BCUT2D eigenvalue weighted by atomic mass is 35.5. The van der Waals surface area contributed by atoms with Gasteiger partial charge in [0.15, 0.2) is 0 Å². The molecule has 0 radical (unpaired) electrons. The molecule has 122 valence electrons. The van der Waals surface area contributed by atoms with Crippen LogP contribution in [-0.2, 0) is 10.0 Å². The topological polar surface area (TPSA) is 118 Å². The summed E-state index contributed by atoms with van der Waals surface area (Å²) in [6.07, 6.45) is 0. The molecule has 7 nitrogen and oxygen atoms in total. The van der Waals surface area contributed by atoms with E-state index >= 15 is 0 Å². The van der Waals surface area contributed by atoms with Gasteiger partial charge in [0.2, 0.25) is 10.0 Å². The Bertz CT molecular complexity index is 880. The van der Waals surface area contributed by atoms with Gasteiger partial charge in [-0.25, -0.2) is 13.6 Å². The van der Waals surface area contributed by atoms with E-state index in [9.17, 15) is 18.0 Å². The van der Waals surface area contributed by atoms with Crippen LogP contribution in [0.3, 0.4) is 0 Å². The van der Waals surface area contributed by atoms with E-state index in [0.717, 1.165) is 17.4 Å². The number of primary sulfonamides is 1. The van der Waals surface area contributed by atoms with Crippen molar-refractivity contribution in [3.8, 4) is 0 Å². The number of sulfonamides is 1. The molecule has 0 aliphatic carbocycles. The lowest BCUT2D eigenvalue weighted by Gasteiger charge is -2.08. The summed E-state index contributed by atoms with van der Waals surface area (Å²) in [4.78, 5) is 23.6. The van der Waals surface area contributed by atoms with Crippen LogP contribution in [0.1, 0.15) is 20.0 Å². The Morgan fingerprint density at radius 1 is 1.04 bits per heavy atom. The molecule has 2 rings (SSSR count). The van der Waals surface area contributed by atoms with Crippen LogP contribution < -0.4 is 16.0 Å². The minimum atomic E-state index is -4.07. The van der Waals surface area contributed by atoms with Gasteiger partial charge in [-0.15, -0.1) is 11.3 Å². The van der Waals surface area contributed by atoms with E-state index in [4.69, 9.17) is 28.3 Å². The summed E-state index contributed by atoms with van der Waals surface area (Å²) in [7, 11) is -4.07. The molecule has 1 aromatic heterocycles. The Balaban J connectivity index is 2.11. The Hall–Kier alpha value is -1.65. The van der Waals surface area contributed by atoms with E-state index in [-0.39, 0.29) is 15.5 Å². The number of amides is 2. The number of nitrogens with one attached hydrogen (secondary N) is 2. The third-order valence-electron chi connectivity index (χ3n) is 2.59. The highest BCUT2D eigenvalue weighted by Crippen LogP contribution is 2.22. The zero-order chi connectivity index (χ0) is 17.2. The van der Waals surface area contributed by atoms with Crippen molar-refractivity contribution in [1.29, 1.82) is 0 Å². The molecule has 2 aromatic rings. The fourth-order valence-corrected chi connectivity index (χ4v) is 3.56. The summed E-state index contributed by atoms with van der Waals surface area (Å²) in [5, 5.41) is 4.89. The molecule has 11 heteroatoms. The molecule has 0 spiro atoms. The Kier molecular flexibility index (Phi) is 5.27. The Morgan fingerprint density at radius 2 is 1.70 bits per heavy atom. The van der Waals surface area contributed by atoms with E-state index in [1.165, 1.54) is 18.2 Å². The van der Waals surface area contributed by atoms with Crippen molar-refractivity contribution < 1.29 is 18.0 Å². The molecule has 1 heterocycles. The van der Waals surface area contributed by atoms with Gasteiger partial charge in [-0.2, -0.15) is 0 Å². The maximum atomic E-state index is 11.9. The van der Waals surface area contributed by atoms with Gasteiger partial charge >= 0.3 is 0 Å². The molecule has 0 unspecified atom stereocenters. The monoisotopic (exact) mass is 393 g/mol. The number of nitrogens with two attached hydrogens (primary N) is 1. The summed E-state index contributed by atoms with van der Waals surface area (Å²) in [5.74, 6) is -1.29. The van der Waals surface area contributed by atoms with Crippen LogP contribution in [0.5, 0.6) is 0 Å². The predicted molar refractivity (Wildman–Crippen MR) is 87.1 cm³/mol. The zero-order valence-electron chi connectivity index (χ0n) is 11.2. The lowest BCUT2D eigenvalue weighted by molar-refractivity contribution is 0.0849. The average molecular weight is 394 g/mol. The van der Waals surface area contributed by atoms with Crippen LogP contribution in [0.4, 0.5) is 0 Å². The lowest BCUT2D eigenvalue weighted by atomic mass is 10.2. The van der Waals surface area contributed by atoms with Gasteiger partial charge in [0.1, 0.15) is 4.90 Å². The second-order valence-electron chi connectivity index (χ2n) is 4.20. The number of hydrogen-bond acceptors (Lipinski definition) is 5. The van der Waals surface area contributed by atoms with Gasteiger partial charge in [-0.3, -0.25) is 20.4 Å². The van der Waals surface area contributed by atoms with Gasteiger partial charge in [0.05, 0.1) is 14.2 Å². The SMILES string of the molecule is NS(=O)(=O)c1cc(C(=O)NNC(=O)c2ccc(Cl)s2)ccc1Cl. The van der Waals surface area contributed by atoms with Crippen LogP contribution >= 0.6 is 34.5 Å². The Labute approximate surface area is 145 Å². The predicted octanol–water partition coefficient (Wildman–Crippen LogP) is 1.78. The number of benzene rings is 1. The van der Waals surface area contributed by atoms with Gasteiger partial charge in [-0.05, 0) is 30.3 Å². The van der Waals surface area contributed by atoms with Crippen molar-refractivity contribution >= 4 is 56.4 Å². The quantitative estimate of drug-likeness (QED) is 0.688. The number of carbonyl (C=O) groups excluding carboxylic acids is 2. The van der Waals surface area contributed by atoms with Gasteiger partial charge < -0.3 is 0 Å². The number of carbonyl (C=O) groups is 2. The summed E-state index contributed by atoms with van der Waals surface area (Å²) < 4.78 is 23.2. The molecule has 0 bridgehead atoms. The molecule has 0 fully saturated rings. The Morgan fingerprint density at radius 3 is 2.26 bits per heavy atom. The molecule has 0 aliphatic rings. The second-order valence-corrected chi connectivity index (χ2v) is 7.85. The van der Waals surface area contributed by atoms with E-state index in [2.05, 4.69) is 10.9 Å². The molecule has 0 saturated carbocycles. The molecule has 23 heavy (non-hydrogen) atoms. The molecule has 0 saturated heterocycles. The maximum absolute atomic E-state index is 11.9. The fourth-order valence-electron chi connectivity index (χ4n) is 1.55. The molecule has 1 aromatic carbocycles. The summed E-state index contributed by atoms with van der Waals surface area (Å²) in [6, 6.07) is 6.56. The smallest absolute Gasteiger partial charge is 0.267 e. The summed E-state index contributed by atoms with van der Waals surface area (Å²) >= 11 is 12.5. The van der Waals surface area contributed by atoms with Crippen LogP contribution in [0, 0.1) is 0 Å². The van der Waals surface area contributed by atoms with Crippen molar-refractivity contribution in [3.05, 3.63) is 50.1 Å². The highest BCUT2D eigenvalue weighted by Gasteiger charge is 2.17. The molecule has 4 N–H and O–H groups in total. The molecule has 2 amide bonds. The minimum absolute atomic E-state index is 0.0389. The van der Waals surface area contributed by atoms with Crippen molar-refractivity contribution in [2.24, 2.45) is 5.14 Å². The van der Waals surface area contributed by atoms with Gasteiger partial charge in [0.25, 0.3) is 11.8 Å². The first-order chi connectivity index (χ1) is 10.7. The molecule has 0 atom stereocenters. The third-order valence-corrected chi connectivity index (χ3v) is 5.21. The largest absolute Gasteiger partial charge is 0.279 e. The van der Waals surface area contributed by atoms with E-state index in [1.54, 1.807) is 6.07 Å². The average Bonchev–Trinajstić information content (AvgIpc) is 2.90. The molecule has 0 aliphatic heterocycles. The lowest BCUT2D eigenvalue weighted by Crippen LogP contribution is -2.41. The summed E-state index contributed by atoms with van der Waals surface area (Å²) in [6.45, 7) is 0. The van der Waals surface area contributed by atoms with Crippen LogP contribution in [0.15, 0.2) is 35.2 Å². The zero-order valence-corrected chi connectivity index (χ0v) is 14.3. The first-order valence-corrected chi connectivity index (χ1v) is 8.99. The van der Waals surface area contributed by atoms with Gasteiger partial charge in [-0.1, -0.05) is 23.2 Å². The number of hydrogen-bond donors (Lipinski definition) is 3. The van der Waals surface area contributed by atoms with Crippen molar-refractivity contribution in [2.45, 2.75) is 4.90 Å². The van der Waals surface area contributed by atoms with E-state index < -0.39 is 21.8 Å².